The number of methoxy groups -OCH3 is 1. The number of allylic oxidation sites excluding steroid dienone is 1. The summed E-state index contributed by atoms with van der Waals surface area (Å²) in [5, 5.41) is 0. The van der Waals surface area contributed by atoms with Crippen LogP contribution in [0.5, 0.6) is 0 Å². The van der Waals surface area contributed by atoms with Crippen molar-refractivity contribution >= 4 is 15.7 Å². The van der Waals surface area contributed by atoms with Gasteiger partial charge in [-0.25, -0.2) is 13.0 Å². The molecule has 2 bridgehead atoms. The Morgan fingerprint density at radius 3 is 2.67 bits per heavy atom. The summed E-state index contributed by atoms with van der Waals surface area (Å²) in [6.07, 6.45) is 7.75. The third-order valence-electron chi connectivity index (χ3n) is 6.36. The lowest BCUT2D eigenvalue weighted by atomic mass is 9.98. The molecule has 146 valence electrons. The molecule has 1 heterocycles. The van der Waals surface area contributed by atoms with Crippen LogP contribution >= 0.6 is 0 Å². The lowest BCUT2D eigenvalue weighted by Gasteiger charge is -2.29. The number of hydrogen-bond acceptors (Lipinski definition) is 3. The van der Waals surface area contributed by atoms with Crippen LogP contribution in [-0.2, 0) is 14.8 Å². The zero-order valence-corrected chi connectivity index (χ0v) is 17.2. The average Bonchev–Trinajstić information content (AvgIpc) is 3.37. The third kappa shape index (κ3) is 3.18. The summed E-state index contributed by atoms with van der Waals surface area (Å²) in [4.78, 5) is 0.372. The maximum absolute atomic E-state index is 13.3. The van der Waals surface area contributed by atoms with E-state index in [1.807, 2.05) is 19.1 Å². The van der Waals surface area contributed by atoms with Gasteiger partial charge in [0.15, 0.2) is 11.8 Å². The van der Waals surface area contributed by atoms with Gasteiger partial charge < -0.3 is 4.74 Å². The van der Waals surface area contributed by atoms with E-state index in [1.54, 1.807) is 30.6 Å². The average molecular weight is 390 g/mol. The van der Waals surface area contributed by atoms with Crippen molar-refractivity contribution in [3.05, 3.63) is 42.0 Å². The quantitative estimate of drug-likeness (QED) is 0.574. The Hall–Kier alpha value is -1.50. The zero-order valence-electron chi connectivity index (χ0n) is 16.3. The maximum atomic E-state index is 13.3. The smallest absolute Gasteiger partial charge is 0.243 e. The number of ether oxygens (including phenoxy) is 1. The van der Waals surface area contributed by atoms with Gasteiger partial charge in [-0.05, 0) is 25.5 Å². The minimum atomic E-state index is -3.53. The summed E-state index contributed by atoms with van der Waals surface area (Å²) in [7, 11) is -0.0439. The SMILES string of the molecule is COC[C@@H]1CCC[N+]1=C1[C@@H]2C=C[C@@H](C2)[C@H]1N(C)S(=O)(=O)c1ccc(C)cc1. The van der Waals surface area contributed by atoms with Crippen LogP contribution in [0.2, 0.25) is 0 Å². The first kappa shape index (κ1) is 18.8. The Labute approximate surface area is 162 Å². The fourth-order valence-electron chi connectivity index (χ4n) is 5.03. The van der Waals surface area contributed by atoms with Crippen molar-refractivity contribution < 1.29 is 17.7 Å². The second-order valence-corrected chi connectivity index (χ2v) is 10.0. The monoisotopic (exact) mass is 389 g/mol. The molecule has 0 aromatic heterocycles. The number of benzene rings is 1. The van der Waals surface area contributed by atoms with Crippen LogP contribution in [0.25, 0.3) is 0 Å². The van der Waals surface area contributed by atoms with Crippen LogP contribution in [0.4, 0.5) is 0 Å². The summed E-state index contributed by atoms with van der Waals surface area (Å²) >= 11 is 0. The van der Waals surface area contributed by atoms with Gasteiger partial charge in [-0.3, -0.25) is 0 Å². The summed E-state index contributed by atoms with van der Waals surface area (Å²) in [5.74, 6) is 0.618. The highest BCUT2D eigenvalue weighted by Crippen LogP contribution is 2.42. The Balaban J connectivity index is 1.73. The molecular formula is C21H29N2O3S+. The first-order chi connectivity index (χ1) is 12.9. The van der Waals surface area contributed by atoms with E-state index in [4.69, 9.17) is 4.74 Å². The molecule has 0 amide bonds. The summed E-state index contributed by atoms with van der Waals surface area (Å²) < 4.78 is 36.1. The van der Waals surface area contributed by atoms with E-state index in [2.05, 4.69) is 16.7 Å². The molecule has 1 saturated carbocycles. The number of rotatable bonds is 5. The number of sulfonamides is 1. The first-order valence-corrected chi connectivity index (χ1v) is 11.2. The topological polar surface area (TPSA) is 49.6 Å². The van der Waals surface area contributed by atoms with E-state index >= 15 is 0 Å². The molecule has 2 fully saturated rings. The van der Waals surface area contributed by atoms with E-state index in [1.165, 1.54) is 5.71 Å². The van der Waals surface area contributed by atoms with E-state index in [9.17, 15) is 8.42 Å². The highest BCUT2D eigenvalue weighted by molar-refractivity contribution is 7.89. The van der Waals surface area contributed by atoms with Crippen LogP contribution in [0, 0.1) is 18.8 Å². The summed E-state index contributed by atoms with van der Waals surface area (Å²) in [5.41, 5.74) is 2.34. The molecule has 5 nitrogen and oxygen atoms in total. The first-order valence-electron chi connectivity index (χ1n) is 9.79. The molecule has 1 aromatic rings. The van der Waals surface area contributed by atoms with Gasteiger partial charge in [0.2, 0.25) is 10.0 Å². The summed E-state index contributed by atoms with van der Waals surface area (Å²) in [6.45, 7) is 3.66. The predicted molar refractivity (Wildman–Crippen MR) is 106 cm³/mol. The molecule has 0 N–H and O–H groups in total. The molecule has 0 radical (unpaired) electrons. The van der Waals surface area contributed by atoms with Gasteiger partial charge in [0.05, 0.1) is 10.8 Å². The lowest BCUT2D eigenvalue weighted by Crippen LogP contribution is -2.49. The van der Waals surface area contributed by atoms with E-state index in [-0.39, 0.29) is 12.0 Å². The number of fused-ring (bicyclic) bond motifs is 2. The van der Waals surface area contributed by atoms with Crippen molar-refractivity contribution in [1.29, 1.82) is 0 Å². The van der Waals surface area contributed by atoms with Crippen LogP contribution in [0.15, 0.2) is 41.3 Å². The van der Waals surface area contributed by atoms with Crippen molar-refractivity contribution in [2.24, 2.45) is 11.8 Å². The van der Waals surface area contributed by atoms with Crippen LogP contribution in [0.3, 0.4) is 0 Å². The molecule has 27 heavy (non-hydrogen) atoms. The number of hydrogen-bond donors (Lipinski definition) is 0. The molecule has 1 saturated heterocycles. The third-order valence-corrected chi connectivity index (χ3v) is 8.22. The Kier molecular flexibility index (Phi) is 4.99. The van der Waals surface area contributed by atoms with Gasteiger partial charge in [-0.1, -0.05) is 29.8 Å². The van der Waals surface area contributed by atoms with Gasteiger partial charge in [-0.15, -0.1) is 0 Å². The highest BCUT2D eigenvalue weighted by Gasteiger charge is 2.53. The van der Waals surface area contributed by atoms with Gasteiger partial charge in [0, 0.05) is 32.9 Å². The minimum Gasteiger partial charge on any atom is -0.378 e. The molecule has 3 aliphatic rings. The van der Waals surface area contributed by atoms with Crippen LogP contribution in [0.1, 0.15) is 24.8 Å². The predicted octanol–water partition coefficient (Wildman–Crippen LogP) is 2.45. The zero-order chi connectivity index (χ0) is 19.2. The lowest BCUT2D eigenvalue weighted by molar-refractivity contribution is -0.550. The molecule has 6 heteroatoms. The standard InChI is InChI=1S/C21H29N2O3S/c1-15-6-10-19(11-7-15)27(24,25)22(2)20-16-8-9-17(13-16)21(20)23-12-4-5-18(23)14-26-3/h6-11,16-18,20H,4-5,12-14H2,1-3H3/q+1/t16-,17+,18-,20+/m0/s1. The molecule has 1 aromatic carbocycles. The molecule has 4 rings (SSSR count). The molecule has 2 aliphatic carbocycles. The highest BCUT2D eigenvalue weighted by atomic mass is 32.2. The number of aryl methyl sites for hydroxylation is 1. The minimum absolute atomic E-state index is 0.0937. The summed E-state index contributed by atoms with van der Waals surface area (Å²) in [6, 6.07) is 7.42. The van der Waals surface area contributed by atoms with Gasteiger partial charge >= 0.3 is 0 Å². The number of nitrogens with zero attached hydrogens (tertiary/aromatic N) is 2. The van der Waals surface area contributed by atoms with Crippen molar-refractivity contribution in [1.82, 2.24) is 4.31 Å². The van der Waals surface area contributed by atoms with Gasteiger partial charge in [-0.2, -0.15) is 4.31 Å². The van der Waals surface area contributed by atoms with E-state index in [0.29, 0.717) is 23.5 Å². The molecule has 1 aliphatic heterocycles. The Morgan fingerprint density at radius 2 is 1.96 bits per heavy atom. The maximum Gasteiger partial charge on any atom is 0.243 e. The van der Waals surface area contributed by atoms with Crippen molar-refractivity contribution in [2.75, 3.05) is 27.3 Å². The Morgan fingerprint density at radius 1 is 1.22 bits per heavy atom. The van der Waals surface area contributed by atoms with Crippen molar-refractivity contribution in [3.8, 4) is 0 Å². The van der Waals surface area contributed by atoms with Gasteiger partial charge in [0.1, 0.15) is 19.2 Å². The van der Waals surface area contributed by atoms with Gasteiger partial charge in [0.25, 0.3) is 0 Å². The molecule has 0 unspecified atom stereocenters. The normalized spacial score (nSPS) is 32.7. The second kappa shape index (κ2) is 7.15. The Bertz CT molecular complexity index is 873. The van der Waals surface area contributed by atoms with Crippen LogP contribution < -0.4 is 0 Å². The second-order valence-electron chi connectivity index (χ2n) is 8.04. The molecular weight excluding hydrogens is 360 g/mol. The van der Waals surface area contributed by atoms with E-state index < -0.39 is 10.0 Å². The van der Waals surface area contributed by atoms with E-state index in [0.717, 1.165) is 31.4 Å². The van der Waals surface area contributed by atoms with Crippen molar-refractivity contribution in [3.63, 3.8) is 0 Å². The fourth-order valence-corrected chi connectivity index (χ4v) is 6.40. The van der Waals surface area contributed by atoms with Crippen LogP contribution in [-0.4, -0.2) is 62.4 Å². The largest absolute Gasteiger partial charge is 0.378 e. The molecule has 4 atom stereocenters. The van der Waals surface area contributed by atoms with Crippen molar-refractivity contribution in [2.45, 2.75) is 43.2 Å². The molecule has 0 spiro atoms. The fraction of sp³-hybridized carbons (Fsp3) is 0.571.